The first-order chi connectivity index (χ1) is 16.0. The summed E-state index contributed by atoms with van der Waals surface area (Å²) < 4.78 is 67.8. The fraction of sp³-hybridized carbons (Fsp3) is 0.435. The molecule has 0 spiro atoms. The van der Waals surface area contributed by atoms with Crippen LogP contribution in [0.2, 0.25) is 0 Å². The standard InChI is InChI=1S/C23H26F3N3O4S/c24-23(25,26)18-4-6-19(7-5-18)28-9-11-29(12-10-28)22(30)21-13-20(34(27,31)32)8-3-17(21)15-33-14-16-1-2-16/h3-8,13,16H,1-2,9-12,14-15H2,(H2,27,31,32). The zero-order chi connectivity index (χ0) is 24.5. The number of primary sulfonamides is 1. The van der Waals surface area contributed by atoms with Gasteiger partial charge in [0.1, 0.15) is 0 Å². The molecule has 11 heteroatoms. The molecule has 2 aromatic rings. The Morgan fingerprint density at radius 3 is 2.24 bits per heavy atom. The second-order valence-corrected chi connectivity index (χ2v) is 10.2. The minimum absolute atomic E-state index is 0.148. The van der Waals surface area contributed by atoms with Crippen molar-refractivity contribution in [1.82, 2.24) is 4.90 Å². The fourth-order valence-corrected chi connectivity index (χ4v) is 4.42. The molecule has 1 saturated heterocycles. The number of ether oxygens (including phenoxy) is 1. The Bertz CT molecular complexity index is 1140. The molecule has 2 fully saturated rings. The van der Waals surface area contributed by atoms with Gasteiger partial charge in [-0.1, -0.05) is 6.07 Å². The van der Waals surface area contributed by atoms with E-state index < -0.39 is 21.8 Å². The minimum Gasteiger partial charge on any atom is -0.376 e. The van der Waals surface area contributed by atoms with Crippen molar-refractivity contribution >= 4 is 21.6 Å². The number of rotatable bonds is 7. The highest BCUT2D eigenvalue weighted by Crippen LogP contribution is 2.31. The van der Waals surface area contributed by atoms with Crippen LogP contribution in [0.3, 0.4) is 0 Å². The Balaban J connectivity index is 1.45. The third kappa shape index (κ3) is 5.89. The van der Waals surface area contributed by atoms with Crippen molar-refractivity contribution < 1.29 is 31.1 Å². The third-order valence-electron chi connectivity index (χ3n) is 6.07. The highest BCUT2D eigenvalue weighted by Gasteiger charge is 2.31. The Labute approximate surface area is 196 Å². The molecule has 0 unspecified atom stereocenters. The molecule has 1 amide bonds. The number of halogens is 3. The van der Waals surface area contributed by atoms with E-state index in [1.807, 2.05) is 4.90 Å². The van der Waals surface area contributed by atoms with Gasteiger partial charge in [-0.15, -0.1) is 0 Å². The average Bonchev–Trinajstić information content (AvgIpc) is 3.62. The van der Waals surface area contributed by atoms with Crippen LogP contribution in [0.15, 0.2) is 47.4 Å². The Kier molecular flexibility index (Phi) is 6.88. The summed E-state index contributed by atoms with van der Waals surface area (Å²) in [5.74, 6) is 0.212. The van der Waals surface area contributed by atoms with Crippen LogP contribution in [0.4, 0.5) is 18.9 Å². The maximum Gasteiger partial charge on any atom is 0.416 e. The van der Waals surface area contributed by atoms with Gasteiger partial charge in [-0.25, -0.2) is 13.6 Å². The molecular weight excluding hydrogens is 471 g/mol. The lowest BCUT2D eigenvalue weighted by molar-refractivity contribution is -0.137. The summed E-state index contributed by atoms with van der Waals surface area (Å²) in [5.41, 5.74) is 0.746. The molecule has 184 valence electrons. The van der Waals surface area contributed by atoms with Crippen LogP contribution in [0.25, 0.3) is 0 Å². The molecule has 1 saturated carbocycles. The molecule has 4 rings (SSSR count). The number of benzene rings is 2. The lowest BCUT2D eigenvalue weighted by atomic mass is 10.1. The summed E-state index contributed by atoms with van der Waals surface area (Å²) in [4.78, 5) is 16.7. The number of hydrogen-bond acceptors (Lipinski definition) is 5. The molecule has 0 aromatic heterocycles. The second-order valence-electron chi connectivity index (χ2n) is 8.65. The van der Waals surface area contributed by atoms with Gasteiger partial charge < -0.3 is 14.5 Å². The van der Waals surface area contributed by atoms with Crippen molar-refractivity contribution in [1.29, 1.82) is 0 Å². The number of anilines is 1. The normalized spacial score (nSPS) is 17.2. The molecule has 2 aliphatic rings. The first-order valence-electron chi connectivity index (χ1n) is 11.0. The molecule has 7 nitrogen and oxygen atoms in total. The minimum atomic E-state index is -4.39. The molecule has 1 aliphatic carbocycles. The zero-order valence-electron chi connectivity index (χ0n) is 18.4. The number of nitrogens with zero attached hydrogens (tertiary/aromatic N) is 2. The highest BCUT2D eigenvalue weighted by molar-refractivity contribution is 7.89. The summed E-state index contributed by atoms with van der Waals surface area (Å²) in [6.45, 7) is 2.31. The lowest BCUT2D eigenvalue weighted by Crippen LogP contribution is -2.49. The maximum absolute atomic E-state index is 13.3. The fourth-order valence-electron chi connectivity index (χ4n) is 3.88. The number of sulfonamides is 1. The summed E-state index contributed by atoms with van der Waals surface area (Å²) in [5, 5.41) is 5.26. The van der Waals surface area contributed by atoms with Crippen molar-refractivity contribution in [2.24, 2.45) is 11.1 Å². The van der Waals surface area contributed by atoms with Crippen molar-refractivity contribution in [3.63, 3.8) is 0 Å². The summed E-state index contributed by atoms with van der Waals surface area (Å²) in [7, 11) is -3.99. The number of amides is 1. The van der Waals surface area contributed by atoms with Crippen molar-refractivity contribution in [2.75, 3.05) is 37.7 Å². The summed E-state index contributed by atoms with van der Waals surface area (Å²) >= 11 is 0. The van der Waals surface area contributed by atoms with Gasteiger partial charge in [-0.2, -0.15) is 13.2 Å². The van der Waals surface area contributed by atoms with E-state index in [9.17, 15) is 26.4 Å². The van der Waals surface area contributed by atoms with Crippen LogP contribution in [0, 0.1) is 5.92 Å². The molecule has 2 N–H and O–H groups in total. The second kappa shape index (κ2) is 9.55. The smallest absolute Gasteiger partial charge is 0.376 e. The topological polar surface area (TPSA) is 92.9 Å². The molecule has 0 radical (unpaired) electrons. The van der Waals surface area contributed by atoms with E-state index in [0.717, 1.165) is 25.0 Å². The average molecular weight is 498 g/mol. The van der Waals surface area contributed by atoms with E-state index in [4.69, 9.17) is 9.88 Å². The zero-order valence-corrected chi connectivity index (χ0v) is 19.2. The first-order valence-corrected chi connectivity index (χ1v) is 12.5. The van der Waals surface area contributed by atoms with Gasteiger partial charge in [0.2, 0.25) is 10.0 Å². The van der Waals surface area contributed by atoms with Gasteiger partial charge in [0.25, 0.3) is 5.91 Å². The predicted octanol–water partition coefficient (Wildman–Crippen LogP) is 3.24. The van der Waals surface area contributed by atoms with Gasteiger partial charge >= 0.3 is 6.18 Å². The molecular formula is C23H26F3N3O4S. The number of nitrogens with two attached hydrogens (primary N) is 1. The lowest BCUT2D eigenvalue weighted by Gasteiger charge is -2.36. The molecule has 0 atom stereocenters. The Morgan fingerprint density at radius 1 is 1.03 bits per heavy atom. The number of carbonyl (C=O) groups excluding carboxylic acids is 1. The van der Waals surface area contributed by atoms with E-state index >= 15 is 0 Å². The summed E-state index contributed by atoms with van der Waals surface area (Å²) in [6.07, 6.45) is -2.14. The van der Waals surface area contributed by atoms with Gasteiger partial charge in [0.05, 0.1) is 17.1 Å². The van der Waals surface area contributed by atoms with Crippen LogP contribution in [-0.2, 0) is 27.5 Å². The SMILES string of the molecule is NS(=O)(=O)c1ccc(COCC2CC2)c(C(=O)N2CCN(c3ccc(C(F)(F)F)cc3)CC2)c1. The molecule has 1 aliphatic heterocycles. The molecule has 34 heavy (non-hydrogen) atoms. The van der Waals surface area contributed by atoms with Gasteiger partial charge in [-0.3, -0.25) is 4.79 Å². The van der Waals surface area contributed by atoms with Crippen LogP contribution >= 0.6 is 0 Å². The number of alkyl halides is 3. The quantitative estimate of drug-likeness (QED) is 0.634. The maximum atomic E-state index is 13.3. The van der Waals surface area contributed by atoms with Crippen LogP contribution in [-0.4, -0.2) is 52.0 Å². The van der Waals surface area contributed by atoms with Crippen LogP contribution < -0.4 is 10.0 Å². The largest absolute Gasteiger partial charge is 0.416 e. The molecule has 1 heterocycles. The van der Waals surface area contributed by atoms with Crippen LogP contribution in [0.1, 0.15) is 34.3 Å². The van der Waals surface area contributed by atoms with Crippen molar-refractivity contribution in [3.05, 3.63) is 59.2 Å². The Morgan fingerprint density at radius 2 is 1.68 bits per heavy atom. The summed E-state index contributed by atoms with van der Waals surface area (Å²) in [6, 6.07) is 9.13. The van der Waals surface area contributed by atoms with E-state index in [-0.39, 0.29) is 23.0 Å². The molecule has 0 bridgehead atoms. The van der Waals surface area contributed by atoms with E-state index in [2.05, 4.69) is 0 Å². The van der Waals surface area contributed by atoms with E-state index in [0.29, 0.717) is 50.0 Å². The van der Waals surface area contributed by atoms with Gasteiger partial charge in [0.15, 0.2) is 0 Å². The highest BCUT2D eigenvalue weighted by atomic mass is 32.2. The monoisotopic (exact) mass is 497 g/mol. The van der Waals surface area contributed by atoms with E-state index in [1.165, 1.54) is 24.3 Å². The van der Waals surface area contributed by atoms with Crippen molar-refractivity contribution in [2.45, 2.75) is 30.5 Å². The predicted molar refractivity (Wildman–Crippen MR) is 120 cm³/mol. The molecule has 2 aromatic carbocycles. The number of piperazine rings is 1. The van der Waals surface area contributed by atoms with E-state index in [1.54, 1.807) is 11.0 Å². The Hall–Kier alpha value is -2.63. The number of hydrogen-bond donors (Lipinski definition) is 1. The van der Waals surface area contributed by atoms with Gasteiger partial charge in [-0.05, 0) is 60.7 Å². The van der Waals surface area contributed by atoms with Crippen molar-refractivity contribution in [3.8, 4) is 0 Å². The van der Waals surface area contributed by atoms with Crippen LogP contribution in [0.5, 0.6) is 0 Å². The third-order valence-corrected chi connectivity index (χ3v) is 6.99. The number of carbonyl (C=O) groups is 1. The first kappa shape index (κ1) is 24.5. The van der Waals surface area contributed by atoms with Gasteiger partial charge in [0, 0.05) is 44.0 Å².